The lowest BCUT2D eigenvalue weighted by Gasteiger charge is -2.00. The van der Waals surface area contributed by atoms with Gasteiger partial charge in [0, 0.05) is 4.47 Å². The number of hydrogen-bond donors (Lipinski definition) is 1. The summed E-state index contributed by atoms with van der Waals surface area (Å²) >= 11 is 3.25. The van der Waals surface area contributed by atoms with Crippen LogP contribution in [0.3, 0.4) is 0 Å². The molecule has 1 aromatic carbocycles. The molecular weight excluding hydrogens is 206 g/mol. The molecule has 1 atom stereocenters. The van der Waals surface area contributed by atoms with Crippen LogP contribution in [0, 0.1) is 11.3 Å². The second kappa shape index (κ2) is 3.51. The monoisotopic (exact) mass is 211 g/mol. The van der Waals surface area contributed by atoms with Gasteiger partial charge in [-0.25, -0.2) is 0 Å². The quantitative estimate of drug-likeness (QED) is 0.723. The van der Waals surface area contributed by atoms with E-state index < -0.39 is 6.10 Å². The van der Waals surface area contributed by atoms with E-state index in [9.17, 15) is 0 Å². The van der Waals surface area contributed by atoms with Crippen LogP contribution in [0.4, 0.5) is 0 Å². The Morgan fingerprint density at radius 2 is 1.91 bits per heavy atom. The van der Waals surface area contributed by atoms with Crippen molar-refractivity contribution in [1.29, 1.82) is 5.26 Å². The van der Waals surface area contributed by atoms with Crippen LogP contribution in [0.1, 0.15) is 11.7 Å². The van der Waals surface area contributed by atoms with Crippen LogP contribution in [0.5, 0.6) is 0 Å². The van der Waals surface area contributed by atoms with Gasteiger partial charge in [-0.3, -0.25) is 0 Å². The van der Waals surface area contributed by atoms with Crippen molar-refractivity contribution in [3.05, 3.63) is 34.3 Å². The molecule has 3 heteroatoms. The molecule has 0 aliphatic rings. The van der Waals surface area contributed by atoms with E-state index in [2.05, 4.69) is 15.9 Å². The lowest BCUT2D eigenvalue weighted by atomic mass is 10.1. The number of benzene rings is 1. The van der Waals surface area contributed by atoms with Crippen molar-refractivity contribution in [3.63, 3.8) is 0 Å². The zero-order chi connectivity index (χ0) is 8.27. The van der Waals surface area contributed by atoms with Crippen molar-refractivity contribution in [2.45, 2.75) is 6.10 Å². The molecule has 0 radical (unpaired) electrons. The van der Waals surface area contributed by atoms with Gasteiger partial charge in [0.25, 0.3) is 0 Å². The highest BCUT2D eigenvalue weighted by Gasteiger charge is 2.03. The maximum absolute atomic E-state index is 9.04. The van der Waals surface area contributed by atoms with Crippen LogP contribution in [0.15, 0.2) is 28.7 Å². The highest BCUT2D eigenvalue weighted by molar-refractivity contribution is 9.10. The molecular formula is C8H6BrNO. The average Bonchev–Trinajstić information content (AvgIpc) is 2.05. The normalized spacial score (nSPS) is 12.1. The van der Waals surface area contributed by atoms with E-state index in [1.165, 1.54) is 0 Å². The molecule has 11 heavy (non-hydrogen) atoms. The van der Waals surface area contributed by atoms with E-state index >= 15 is 0 Å². The first-order valence-corrected chi connectivity index (χ1v) is 3.86. The third kappa shape index (κ3) is 2.04. The van der Waals surface area contributed by atoms with Crippen LogP contribution < -0.4 is 0 Å². The molecule has 1 N–H and O–H groups in total. The number of rotatable bonds is 1. The summed E-state index contributed by atoms with van der Waals surface area (Å²) in [4.78, 5) is 0. The fraction of sp³-hybridized carbons (Fsp3) is 0.125. The number of halogens is 1. The zero-order valence-electron chi connectivity index (χ0n) is 5.66. The largest absolute Gasteiger partial charge is 0.374 e. The second-order valence-electron chi connectivity index (χ2n) is 2.08. The van der Waals surface area contributed by atoms with Gasteiger partial charge in [0.05, 0.1) is 6.07 Å². The molecule has 0 saturated heterocycles. The van der Waals surface area contributed by atoms with Gasteiger partial charge in [0.1, 0.15) is 0 Å². The first-order chi connectivity index (χ1) is 5.24. The Bertz CT molecular complexity index is 275. The summed E-state index contributed by atoms with van der Waals surface area (Å²) in [5, 5.41) is 17.4. The fourth-order valence-corrected chi connectivity index (χ4v) is 0.984. The van der Waals surface area contributed by atoms with Gasteiger partial charge in [-0.15, -0.1) is 0 Å². The number of nitrogens with zero attached hydrogens (tertiary/aromatic N) is 1. The van der Waals surface area contributed by atoms with E-state index in [4.69, 9.17) is 10.4 Å². The van der Waals surface area contributed by atoms with Gasteiger partial charge in [-0.2, -0.15) is 5.26 Å². The van der Waals surface area contributed by atoms with Crippen LogP contribution in [0.25, 0.3) is 0 Å². The number of hydrogen-bond acceptors (Lipinski definition) is 2. The molecule has 0 saturated carbocycles. The fourth-order valence-electron chi connectivity index (χ4n) is 0.720. The molecule has 0 fully saturated rings. The highest BCUT2D eigenvalue weighted by atomic mass is 79.9. The summed E-state index contributed by atoms with van der Waals surface area (Å²) in [6, 6.07) is 8.73. The van der Waals surface area contributed by atoms with Crippen molar-refractivity contribution in [1.82, 2.24) is 0 Å². The van der Waals surface area contributed by atoms with Gasteiger partial charge in [-0.1, -0.05) is 28.1 Å². The smallest absolute Gasteiger partial charge is 0.165 e. The van der Waals surface area contributed by atoms with E-state index in [1.807, 2.05) is 0 Å². The minimum atomic E-state index is -1.01. The SMILES string of the molecule is N#CC(O)c1ccc(Br)cc1. The maximum Gasteiger partial charge on any atom is 0.165 e. The Hall–Kier alpha value is -0.850. The Morgan fingerprint density at radius 1 is 1.36 bits per heavy atom. The number of aliphatic hydroxyl groups excluding tert-OH is 1. The highest BCUT2D eigenvalue weighted by Crippen LogP contribution is 2.15. The molecule has 0 aliphatic heterocycles. The molecule has 0 aromatic heterocycles. The molecule has 1 unspecified atom stereocenters. The van der Waals surface area contributed by atoms with E-state index in [0.717, 1.165) is 4.47 Å². The van der Waals surface area contributed by atoms with Crippen molar-refractivity contribution in [2.75, 3.05) is 0 Å². The average molecular weight is 212 g/mol. The Labute approximate surface area is 73.2 Å². The van der Waals surface area contributed by atoms with Gasteiger partial charge >= 0.3 is 0 Å². The van der Waals surface area contributed by atoms with Crippen LogP contribution in [-0.2, 0) is 0 Å². The van der Waals surface area contributed by atoms with Crippen molar-refractivity contribution < 1.29 is 5.11 Å². The van der Waals surface area contributed by atoms with Gasteiger partial charge < -0.3 is 5.11 Å². The minimum Gasteiger partial charge on any atom is -0.374 e. The Kier molecular flexibility index (Phi) is 2.64. The predicted octanol–water partition coefficient (Wildman–Crippen LogP) is 2.01. The molecule has 1 rings (SSSR count). The maximum atomic E-state index is 9.04. The summed E-state index contributed by atoms with van der Waals surface area (Å²) in [5.41, 5.74) is 0.621. The molecule has 1 aromatic rings. The van der Waals surface area contributed by atoms with Crippen LogP contribution >= 0.6 is 15.9 Å². The third-order valence-electron chi connectivity index (χ3n) is 1.31. The van der Waals surface area contributed by atoms with Crippen molar-refractivity contribution in [2.24, 2.45) is 0 Å². The van der Waals surface area contributed by atoms with Crippen LogP contribution in [0.2, 0.25) is 0 Å². The first kappa shape index (κ1) is 8.25. The topological polar surface area (TPSA) is 44.0 Å². The Balaban J connectivity index is 2.92. The zero-order valence-corrected chi connectivity index (χ0v) is 7.25. The van der Waals surface area contributed by atoms with E-state index in [0.29, 0.717) is 5.56 Å². The second-order valence-corrected chi connectivity index (χ2v) is 3.00. The molecule has 0 amide bonds. The molecule has 0 bridgehead atoms. The number of nitriles is 1. The number of aliphatic hydroxyl groups is 1. The molecule has 2 nitrogen and oxygen atoms in total. The summed E-state index contributed by atoms with van der Waals surface area (Å²) in [6.07, 6.45) is -1.01. The van der Waals surface area contributed by atoms with E-state index in [1.54, 1.807) is 30.3 Å². The van der Waals surface area contributed by atoms with Gasteiger partial charge in [-0.05, 0) is 17.7 Å². The van der Waals surface area contributed by atoms with Gasteiger partial charge in [0.15, 0.2) is 6.10 Å². The van der Waals surface area contributed by atoms with E-state index in [-0.39, 0.29) is 0 Å². The summed E-state index contributed by atoms with van der Waals surface area (Å²) in [5.74, 6) is 0. The summed E-state index contributed by atoms with van der Waals surface area (Å²) in [7, 11) is 0. The first-order valence-electron chi connectivity index (χ1n) is 3.07. The molecule has 0 heterocycles. The lowest BCUT2D eigenvalue weighted by molar-refractivity contribution is 0.236. The Morgan fingerprint density at radius 3 is 2.36 bits per heavy atom. The summed E-state index contributed by atoms with van der Waals surface area (Å²) in [6.45, 7) is 0. The lowest BCUT2D eigenvalue weighted by Crippen LogP contribution is -1.91. The standard InChI is InChI=1S/C8H6BrNO/c9-7-3-1-6(2-4-7)8(11)5-10/h1-4,8,11H. The van der Waals surface area contributed by atoms with Crippen LogP contribution in [-0.4, -0.2) is 5.11 Å². The third-order valence-corrected chi connectivity index (χ3v) is 1.84. The van der Waals surface area contributed by atoms with Crippen molar-refractivity contribution in [3.8, 4) is 6.07 Å². The van der Waals surface area contributed by atoms with Crippen molar-refractivity contribution >= 4 is 15.9 Å². The molecule has 0 aliphatic carbocycles. The predicted molar refractivity (Wildman–Crippen MR) is 44.7 cm³/mol. The molecule has 56 valence electrons. The molecule has 0 spiro atoms. The van der Waals surface area contributed by atoms with Gasteiger partial charge in [0.2, 0.25) is 0 Å². The minimum absolute atomic E-state index is 0.621. The summed E-state index contributed by atoms with van der Waals surface area (Å²) < 4.78 is 0.936.